The van der Waals surface area contributed by atoms with Crippen molar-refractivity contribution in [1.82, 2.24) is 14.7 Å². The Kier molecular flexibility index (Phi) is 5.95. The number of nitrogens with one attached hydrogen (secondary N) is 1. The molecular weight excluding hydrogens is 443 g/mol. The molecule has 0 bridgehead atoms. The molecule has 2 aromatic carbocycles. The highest BCUT2D eigenvalue weighted by Crippen LogP contribution is 2.34. The van der Waals surface area contributed by atoms with Gasteiger partial charge in [-0.3, -0.25) is 9.59 Å². The fourth-order valence-electron chi connectivity index (χ4n) is 4.56. The van der Waals surface area contributed by atoms with Crippen molar-refractivity contribution in [2.75, 3.05) is 38.3 Å². The number of hydrogen-bond donors (Lipinski definition) is 1. The average molecular weight is 468 g/mol. The van der Waals surface area contributed by atoms with Crippen molar-refractivity contribution in [3.05, 3.63) is 53.8 Å². The Morgan fingerprint density at radius 2 is 1.68 bits per heavy atom. The van der Waals surface area contributed by atoms with Gasteiger partial charge in [-0.1, -0.05) is 12.1 Å². The van der Waals surface area contributed by atoms with Gasteiger partial charge in [0.05, 0.1) is 0 Å². The number of benzene rings is 2. The van der Waals surface area contributed by atoms with Crippen LogP contribution in [-0.4, -0.2) is 71.6 Å². The number of anilines is 1. The highest BCUT2D eigenvalue weighted by Gasteiger charge is 2.38. The predicted octanol–water partition coefficient (Wildman–Crippen LogP) is 2.42. The van der Waals surface area contributed by atoms with Crippen LogP contribution in [0.4, 0.5) is 14.9 Å². The maximum atomic E-state index is 13.1. The third-order valence-corrected chi connectivity index (χ3v) is 6.44. The Hall–Kier alpha value is -3.82. The summed E-state index contributed by atoms with van der Waals surface area (Å²) in [6.07, 6.45) is 1.21. The molecule has 3 heterocycles. The number of carbonyl (C=O) groups is 3. The van der Waals surface area contributed by atoms with Crippen LogP contribution in [0, 0.1) is 5.82 Å². The normalized spacial score (nSPS) is 18.4. The zero-order valence-electron chi connectivity index (χ0n) is 18.5. The summed E-state index contributed by atoms with van der Waals surface area (Å²) in [5.74, 6) is -0.156. The van der Waals surface area contributed by atoms with Gasteiger partial charge in [0.2, 0.25) is 6.79 Å². The van der Waals surface area contributed by atoms with Crippen molar-refractivity contribution in [2.24, 2.45) is 0 Å². The monoisotopic (exact) mass is 468 g/mol. The van der Waals surface area contributed by atoms with E-state index < -0.39 is 11.8 Å². The Labute approximate surface area is 196 Å². The van der Waals surface area contributed by atoms with Crippen LogP contribution in [0.3, 0.4) is 0 Å². The van der Waals surface area contributed by atoms with E-state index in [0.717, 1.165) is 5.56 Å². The van der Waals surface area contributed by atoms with Crippen molar-refractivity contribution < 1.29 is 28.2 Å². The lowest BCUT2D eigenvalue weighted by Crippen LogP contribution is -2.59. The van der Waals surface area contributed by atoms with Gasteiger partial charge >= 0.3 is 17.8 Å². The number of carbonyl (C=O) groups excluding carboxylic acids is 3. The van der Waals surface area contributed by atoms with Gasteiger partial charge in [0, 0.05) is 50.5 Å². The van der Waals surface area contributed by atoms with Crippen molar-refractivity contribution >= 4 is 23.5 Å². The lowest BCUT2D eigenvalue weighted by molar-refractivity contribution is -0.158. The molecule has 0 atom stereocenters. The lowest BCUT2D eigenvalue weighted by atomic mass is 10.0. The zero-order chi connectivity index (χ0) is 23.7. The number of piperidine rings is 1. The van der Waals surface area contributed by atoms with Crippen LogP contribution < -0.4 is 14.8 Å². The first kappa shape index (κ1) is 22.0. The summed E-state index contributed by atoms with van der Waals surface area (Å²) in [6.45, 7) is 2.28. The van der Waals surface area contributed by atoms with Gasteiger partial charge in [-0.25, -0.2) is 9.18 Å². The minimum absolute atomic E-state index is 0.0842. The quantitative estimate of drug-likeness (QED) is 0.696. The molecule has 3 aliphatic heterocycles. The highest BCUT2D eigenvalue weighted by atomic mass is 19.1. The number of rotatable bonds is 4. The topological polar surface area (TPSA) is 91.4 Å². The van der Waals surface area contributed by atoms with Crippen molar-refractivity contribution in [3.63, 3.8) is 0 Å². The second-order valence-electron chi connectivity index (χ2n) is 8.57. The van der Waals surface area contributed by atoms with Gasteiger partial charge in [-0.15, -0.1) is 0 Å². The largest absolute Gasteiger partial charge is 0.454 e. The minimum Gasteiger partial charge on any atom is -0.454 e. The molecule has 5 rings (SSSR count). The maximum absolute atomic E-state index is 13.1. The molecule has 4 amide bonds. The Bertz CT molecular complexity index is 1100. The van der Waals surface area contributed by atoms with Crippen LogP contribution in [0.5, 0.6) is 11.5 Å². The molecule has 3 aliphatic rings. The smallest absolute Gasteiger partial charge is 0.321 e. The van der Waals surface area contributed by atoms with E-state index in [2.05, 4.69) is 5.32 Å². The van der Waals surface area contributed by atoms with Crippen LogP contribution in [0.2, 0.25) is 0 Å². The summed E-state index contributed by atoms with van der Waals surface area (Å²) in [5, 5.41) is 2.87. The molecule has 2 aromatic rings. The molecule has 9 nitrogen and oxygen atoms in total. The number of hydrogen-bond acceptors (Lipinski definition) is 5. The molecule has 178 valence electrons. The first-order chi connectivity index (χ1) is 16.5. The average Bonchev–Trinajstić information content (AvgIpc) is 3.32. The molecule has 0 aromatic heterocycles. The summed E-state index contributed by atoms with van der Waals surface area (Å²) < 4.78 is 23.7. The van der Waals surface area contributed by atoms with E-state index in [4.69, 9.17) is 9.47 Å². The number of urea groups is 1. The van der Waals surface area contributed by atoms with Crippen LogP contribution in [0.25, 0.3) is 0 Å². The second kappa shape index (κ2) is 9.20. The van der Waals surface area contributed by atoms with Crippen LogP contribution in [0.1, 0.15) is 18.4 Å². The van der Waals surface area contributed by atoms with Crippen LogP contribution in [-0.2, 0) is 16.1 Å². The number of nitrogens with zero attached hydrogens (tertiary/aromatic N) is 3. The number of halogens is 1. The third kappa shape index (κ3) is 4.48. The molecule has 0 unspecified atom stereocenters. The van der Waals surface area contributed by atoms with Gasteiger partial charge in [0.25, 0.3) is 0 Å². The van der Waals surface area contributed by atoms with E-state index in [1.54, 1.807) is 40.1 Å². The third-order valence-electron chi connectivity index (χ3n) is 6.44. The summed E-state index contributed by atoms with van der Waals surface area (Å²) in [7, 11) is 0. The van der Waals surface area contributed by atoms with Crippen molar-refractivity contribution in [1.29, 1.82) is 0 Å². The Morgan fingerprint density at radius 3 is 2.44 bits per heavy atom. The van der Waals surface area contributed by atoms with Crippen LogP contribution >= 0.6 is 0 Å². The van der Waals surface area contributed by atoms with E-state index in [1.165, 1.54) is 17.0 Å². The first-order valence-electron chi connectivity index (χ1n) is 11.3. The summed E-state index contributed by atoms with van der Waals surface area (Å²) in [5.41, 5.74) is 1.40. The van der Waals surface area contributed by atoms with Gasteiger partial charge < -0.3 is 29.5 Å². The highest BCUT2D eigenvalue weighted by molar-refractivity contribution is 6.35. The first-order valence-corrected chi connectivity index (χ1v) is 11.3. The van der Waals surface area contributed by atoms with E-state index >= 15 is 0 Å². The number of fused-ring (bicyclic) bond motifs is 1. The second-order valence-corrected chi connectivity index (χ2v) is 8.57. The predicted molar refractivity (Wildman–Crippen MR) is 120 cm³/mol. The standard InChI is InChI=1S/C24H25FN4O5/c25-17-3-1-16(2-4-17)14-28-11-12-29(23(31)22(28)30)19-7-9-27(10-8-19)24(32)26-18-5-6-20-21(13-18)34-15-33-20/h1-6,13,19H,7-12,14-15H2,(H,26,32). The van der Waals surface area contributed by atoms with Gasteiger partial charge in [-0.2, -0.15) is 0 Å². The molecule has 0 radical (unpaired) electrons. The van der Waals surface area contributed by atoms with Gasteiger partial charge in [-0.05, 0) is 42.7 Å². The molecule has 2 saturated heterocycles. The van der Waals surface area contributed by atoms with Crippen molar-refractivity contribution in [3.8, 4) is 11.5 Å². The lowest BCUT2D eigenvalue weighted by Gasteiger charge is -2.42. The summed E-state index contributed by atoms with van der Waals surface area (Å²) in [4.78, 5) is 43.0. The summed E-state index contributed by atoms with van der Waals surface area (Å²) >= 11 is 0. The zero-order valence-corrected chi connectivity index (χ0v) is 18.5. The van der Waals surface area contributed by atoms with E-state index in [0.29, 0.717) is 56.2 Å². The number of likely N-dealkylation sites (tertiary alicyclic amines) is 1. The summed E-state index contributed by atoms with van der Waals surface area (Å²) in [6, 6.07) is 10.8. The fourth-order valence-corrected chi connectivity index (χ4v) is 4.56. The molecule has 0 saturated carbocycles. The molecule has 1 N–H and O–H groups in total. The maximum Gasteiger partial charge on any atom is 0.321 e. The van der Waals surface area contributed by atoms with Gasteiger partial charge in [0.1, 0.15) is 5.82 Å². The number of piperazine rings is 1. The van der Waals surface area contributed by atoms with Crippen molar-refractivity contribution in [2.45, 2.75) is 25.4 Å². The molecule has 10 heteroatoms. The number of amides is 4. The molecular formula is C24H25FN4O5. The molecule has 34 heavy (non-hydrogen) atoms. The SMILES string of the molecule is O=C(Nc1ccc2c(c1)OCO2)N1CCC(N2CCN(Cc3ccc(F)cc3)C(=O)C2=O)CC1. The fraction of sp³-hybridized carbons (Fsp3) is 0.375. The van der Waals surface area contributed by atoms with E-state index in [9.17, 15) is 18.8 Å². The number of ether oxygens (including phenoxy) is 2. The van der Waals surface area contributed by atoms with E-state index in [-0.39, 0.29) is 31.2 Å². The molecule has 2 fully saturated rings. The molecule has 0 spiro atoms. The molecule has 0 aliphatic carbocycles. The van der Waals surface area contributed by atoms with E-state index in [1.807, 2.05) is 0 Å². The van der Waals surface area contributed by atoms with Crippen LogP contribution in [0.15, 0.2) is 42.5 Å². The Balaban J connectivity index is 1.13. The Morgan fingerprint density at radius 1 is 0.941 bits per heavy atom. The van der Waals surface area contributed by atoms with Gasteiger partial charge in [0.15, 0.2) is 11.5 Å². The minimum atomic E-state index is -0.543.